The van der Waals surface area contributed by atoms with E-state index in [4.69, 9.17) is 9.47 Å². The minimum Gasteiger partial charge on any atom is -0.461 e. The third kappa shape index (κ3) is 3.89. The Bertz CT molecular complexity index is 626. The van der Waals surface area contributed by atoms with Gasteiger partial charge in [-0.25, -0.2) is 0 Å². The molecule has 2 saturated heterocycles. The molecule has 2 N–H and O–H groups in total. The van der Waals surface area contributed by atoms with Gasteiger partial charge in [-0.1, -0.05) is 30.4 Å². The zero-order valence-electron chi connectivity index (χ0n) is 15.2. The summed E-state index contributed by atoms with van der Waals surface area (Å²) >= 11 is 0. The van der Waals surface area contributed by atoms with E-state index in [1.165, 1.54) is 0 Å². The molecule has 5 heteroatoms. The van der Waals surface area contributed by atoms with Crippen molar-refractivity contribution >= 4 is 5.97 Å². The molecule has 0 bridgehead atoms. The van der Waals surface area contributed by atoms with Crippen LogP contribution in [0.5, 0.6) is 0 Å². The van der Waals surface area contributed by atoms with Crippen LogP contribution in [0, 0.1) is 11.8 Å². The summed E-state index contributed by atoms with van der Waals surface area (Å²) in [6.07, 6.45) is 6.55. The first kappa shape index (κ1) is 18.4. The monoisotopic (exact) mass is 348 g/mol. The number of epoxide rings is 1. The topological polar surface area (TPSA) is 79.3 Å². The van der Waals surface area contributed by atoms with Crippen molar-refractivity contribution in [1.29, 1.82) is 0 Å². The number of fused-ring (bicyclic) bond motifs is 2. The molecule has 3 aliphatic rings. The highest BCUT2D eigenvalue weighted by Gasteiger charge is 2.57. The van der Waals surface area contributed by atoms with Gasteiger partial charge in [0, 0.05) is 5.92 Å². The molecule has 0 radical (unpaired) electrons. The van der Waals surface area contributed by atoms with Crippen molar-refractivity contribution in [1.82, 2.24) is 0 Å². The van der Waals surface area contributed by atoms with Gasteiger partial charge in [-0.15, -0.1) is 0 Å². The number of cyclic esters (lactones) is 1. The van der Waals surface area contributed by atoms with Crippen LogP contribution in [0.25, 0.3) is 0 Å². The smallest absolute Gasteiger partial charge is 0.314 e. The number of allylic oxidation sites excluding steroid dienone is 2. The molecule has 3 rings (SSSR count). The summed E-state index contributed by atoms with van der Waals surface area (Å²) in [4.78, 5) is 12.4. The highest BCUT2D eigenvalue weighted by molar-refractivity contribution is 5.78. The third-order valence-corrected chi connectivity index (χ3v) is 5.48. The SMILES string of the molecule is C=C1CC(O)C2OC2(C)CC[C@@H]2/C(=C\C=C\C(C)(C)O)COC(=O)[C@@H]12. The second-order valence-corrected chi connectivity index (χ2v) is 8.27. The van der Waals surface area contributed by atoms with E-state index in [0.29, 0.717) is 12.0 Å². The van der Waals surface area contributed by atoms with E-state index in [1.54, 1.807) is 19.9 Å². The van der Waals surface area contributed by atoms with Crippen molar-refractivity contribution in [2.45, 2.75) is 63.4 Å². The zero-order valence-corrected chi connectivity index (χ0v) is 15.2. The number of carbonyl (C=O) groups is 1. The molecule has 3 fully saturated rings. The summed E-state index contributed by atoms with van der Waals surface area (Å²) in [5, 5.41) is 20.2. The van der Waals surface area contributed by atoms with Gasteiger partial charge in [-0.2, -0.15) is 0 Å². The molecule has 25 heavy (non-hydrogen) atoms. The maximum atomic E-state index is 12.4. The highest BCUT2D eigenvalue weighted by Crippen LogP contribution is 2.49. The Morgan fingerprint density at radius 3 is 2.80 bits per heavy atom. The summed E-state index contributed by atoms with van der Waals surface area (Å²) in [5.74, 6) is -0.689. The van der Waals surface area contributed by atoms with E-state index in [1.807, 2.05) is 19.1 Å². The van der Waals surface area contributed by atoms with Gasteiger partial charge in [-0.05, 0) is 45.6 Å². The molecular formula is C20H28O5. The number of esters is 1. The Kier molecular flexibility index (Phi) is 4.69. The van der Waals surface area contributed by atoms with E-state index in [0.717, 1.165) is 18.4 Å². The fourth-order valence-corrected chi connectivity index (χ4v) is 4.00. The lowest BCUT2D eigenvalue weighted by Crippen LogP contribution is -2.36. The van der Waals surface area contributed by atoms with Crippen molar-refractivity contribution in [2.75, 3.05) is 6.61 Å². The summed E-state index contributed by atoms with van der Waals surface area (Å²) in [7, 11) is 0. The van der Waals surface area contributed by atoms with Crippen molar-refractivity contribution in [3.8, 4) is 0 Å². The Morgan fingerprint density at radius 2 is 2.12 bits per heavy atom. The minimum absolute atomic E-state index is 0.00724. The maximum Gasteiger partial charge on any atom is 0.314 e. The number of carbonyl (C=O) groups excluding carboxylic acids is 1. The average Bonchev–Trinajstić information content (AvgIpc) is 3.17. The molecule has 0 aromatic heterocycles. The van der Waals surface area contributed by atoms with Crippen molar-refractivity contribution < 1.29 is 24.5 Å². The van der Waals surface area contributed by atoms with Gasteiger partial charge in [0.2, 0.25) is 0 Å². The van der Waals surface area contributed by atoms with Gasteiger partial charge in [0.15, 0.2) is 0 Å². The molecule has 138 valence electrons. The van der Waals surface area contributed by atoms with E-state index < -0.39 is 17.6 Å². The molecule has 0 spiro atoms. The van der Waals surface area contributed by atoms with Crippen LogP contribution in [-0.2, 0) is 14.3 Å². The van der Waals surface area contributed by atoms with Crippen molar-refractivity contribution in [2.24, 2.45) is 11.8 Å². The van der Waals surface area contributed by atoms with Gasteiger partial charge >= 0.3 is 5.97 Å². The Hall–Kier alpha value is -1.43. The van der Waals surface area contributed by atoms with E-state index in [9.17, 15) is 15.0 Å². The average molecular weight is 348 g/mol. The van der Waals surface area contributed by atoms with Crippen LogP contribution >= 0.6 is 0 Å². The quantitative estimate of drug-likeness (QED) is 0.455. The Morgan fingerprint density at radius 1 is 1.40 bits per heavy atom. The number of rotatable bonds is 2. The first-order valence-electron chi connectivity index (χ1n) is 8.91. The summed E-state index contributed by atoms with van der Waals surface area (Å²) in [5.41, 5.74) is 0.517. The van der Waals surface area contributed by atoms with E-state index in [2.05, 4.69) is 6.58 Å². The second kappa shape index (κ2) is 6.38. The Labute approximate surface area is 149 Å². The molecule has 0 amide bonds. The zero-order chi connectivity index (χ0) is 18.4. The van der Waals surface area contributed by atoms with Crippen LogP contribution in [0.2, 0.25) is 0 Å². The van der Waals surface area contributed by atoms with Crippen LogP contribution in [-0.4, -0.2) is 46.2 Å². The van der Waals surface area contributed by atoms with Crippen molar-refractivity contribution in [3.63, 3.8) is 0 Å². The first-order chi connectivity index (χ1) is 11.6. The molecule has 3 unspecified atom stereocenters. The molecule has 1 aliphatic carbocycles. The number of ether oxygens (including phenoxy) is 2. The van der Waals surface area contributed by atoms with Crippen molar-refractivity contribution in [3.05, 3.63) is 36.0 Å². The van der Waals surface area contributed by atoms with Crippen LogP contribution in [0.1, 0.15) is 40.0 Å². The van der Waals surface area contributed by atoms with Crippen LogP contribution < -0.4 is 0 Å². The fourth-order valence-electron chi connectivity index (χ4n) is 4.00. The fraction of sp³-hybridized carbons (Fsp3) is 0.650. The predicted octanol–water partition coefficient (Wildman–Crippen LogP) is 2.29. The number of aliphatic hydroxyl groups is 2. The predicted molar refractivity (Wildman–Crippen MR) is 93.7 cm³/mol. The maximum absolute atomic E-state index is 12.4. The van der Waals surface area contributed by atoms with Gasteiger partial charge in [0.1, 0.15) is 12.7 Å². The van der Waals surface area contributed by atoms with Crippen LogP contribution in [0.15, 0.2) is 36.0 Å². The molecule has 5 atom stereocenters. The van der Waals surface area contributed by atoms with E-state index in [-0.39, 0.29) is 30.2 Å². The third-order valence-electron chi connectivity index (χ3n) is 5.48. The van der Waals surface area contributed by atoms with E-state index >= 15 is 0 Å². The molecule has 2 heterocycles. The summed E-state index contributed by atoms with van der Waals surface area (Å²) < 4.78 is 11.1. The second-order valence-electron chi connectivity index (χ2n) is 8.27. The number of hydrogen-bond acceptors (Lipinski definition) is 5. The number of hydrogen-bond donors (Lipinski definition) is 2. The van der Waals surface area contributed by atoms with Gasteiger partial charge < -0.3 is 19.7 Å². The van der Waals surface area contributed by atoms with Gasteiger partial charge in [0.05, 0.1) is 23.2 Å². The van der Waals surface area contributed by atoms with Gasteiger partial charge in [-0.3, -0.25) is 4.79 Å². The standard InChI is InChI=1S/C20H28O5/c1-12-10-15(21)17-20(4,25-17)9-7-14-13(6-5-8-19(2,3)23)11-24-18(22)16(12)14/h5-6,8,14-17,21,23H,1,7,9-11H2,2-4H3/b8-5+,13-6-/t14-,15?,16+,17?,20?/m1/s1. The highest BCUT2D eigenvalue weighted by atomic mass is 16.6. The van der Waals surface area contributed by atoms with Crippen LogP contribution in [0.3, 0.4) is 0 Å². The number of aliphatic hydroxyl groups excluding tert-OH is 1. The minimum atomic E-state index is -0.892. The molecule has 0 aromatic carbocycles. The summed E-state index contributed by atoms with van der Waals surface area (Å²) in [6, 6.07) is 0. The lowest BCUT2D eigenvalue weighted by atomic mass is 9.76. The molecule has 0 aromatic rings. The summed E-state index contributed by atoms with van der Waals surface area (Å²) in [6.45, 7) is 9.76. The molecule has 2 aliphatic heterocycles. The first-order valence-corrected chi connectivity index (χ1v) is 8.91. The van der Waals surface area contributed by atoms with Crippen LogP contribution in [0.4, 0.5) is 0 Å². The molecule has 1 saturated carbocycles. The lowest BCUT2D eigenvalue weighted by Gasteiger charge is -2.34. The largest absolute Gasteiger partial charge is 0.461 e. The van der Waals surface area contributed by atoms with Gasteiger partial charge in [0.25, 0.3) is 0 Å². The normalized spacial score (nSPS) is 40.8. The lowest BCUT2D eigenvalue weighted by molar-refractivity contribution is -0.151. The molecular weight excluding hydrogens is 320 g/mol. The Balaban J connectivity index is 1.88. The molecule has 5 nitrogen and oxygen atoms in total.